The van der Waals surface area contributed by atoms with Gasteiger partial charge in [0.2, 0.25) is 0 Å². The molecule has 0 aromatic carbocycles. The zero-order chi connectivity index (χ0) is 8.84. The molecule has 1 saturated heterocycles. The van der Waals surface area contributed by atoms with Gasteiger partial charge < -0.3 is 4.74 Å². The van der Waals surface area contributed by atoms with E-state index in [2.05, 4.69) is 0 Å². The summed E-state index contributed by atoms with van der Waals surface area (Å²) >= 11 is 0. The summed E-state index contributed by atoms with van der Waals surface area (Å²) in [5.74, 6) is 0. The average Bonchev–Trinajstić information content (AvgIpc) is 2.97. The van der Waals surface area contributed by atoms with Crippen LogP contribution in [-0.4, -0.2) is 21.8 Å². The van der Waals surface area contributed by atoms with Gasteiger partial charge in [0, 0.05) is 18.4 Å². The zero-order valence-electron chi connectivity index (χ0n) is 7.35. The highest BCUT2D eigenvalue weighted by Gasteiger charge is 2.28. The van der Waals surface area contributed by atoms with Crippen LogP contribution in [0.4, 0.5) is 0 Å². The van der Waals surface area contributed by atoms with E-state index in [4.69, 9.17) is 4.74 Å². The standard InChI is InChI=1S/C9H12N2O2/c12-9-10(5-8-6-13-8)3-4-11(9)7-1-2-7/h3-4,7-8H,1-2,5-6H2/t8-/m0/s1. The Balaban J connectivity index is 1.87. The van der Waals surface area contributed by atoms with Gasteiger partial charge in [-0.25, -0.2) is 4.79 Å². The van der Waals surface area contributed by atoms with Crippen LogP contribution in [0, 0.1) is 0 Å². The van der Waals surface area contributed by atoms with Crippen LogP contribution in [0.25, 0.3) is 0 Å². The highest BCUT2D eigenvalue weighted by atomic mass is 16.6. The molecule has 1 atom stereocenters. The summed E-state index contributed by atoms with van der Waals surface area (Å²) in [5, 5.41) is 0. The fraction of sp³-hybridized carbons (Fsp3) is 0.667. The minimum absolute atomic E-state index is 0.123. The van der Waals surface area contributed by atoms with Crippen molar-refractivity contribution in [2.24, 2.45) is 0 Å². The molecular weight excluding hydrogens is 168 g/mol. The number of aromatic nitrogens is 2. The molecule has 2 aliphatic rings. The minimum Gasteiger partial charge on any atom is -0.371 e. The summed E-state index contributed by atoms with van der Waals surface area (Å²) in [7, 11) is 0. The van der Waals surface area contributed by atoms with Gasteiger partial charge in [-0.15, -0.1) is 0 Å². The van der Waals surface area contributed by atoms with Crippen LogP contribution < -0.4 is 5.69 Å². The topological polar surface area (TPSA) is 39.5 Å². The van der Waals surface area contributed by atoms with Gasteiger partial charge in [-0.2, -0.15) is 0 Å². The van der Waals surface area contributed by atoms with Crippen LogP contribution in [0.15, 0.2) is 17.2 Å². The molecule has 4 heteroatoms. The molecular formula is C9H12N2O2. The summed E-state index contributed by atoms with van der Waals surface area (Å²) in [6, 6.07) is 0.480. The summed E-state index contributed by atoms with van der Waals surface area (Å²) in [4.78, 5) is 11.7. The zero-order valence-corrected chi connectivity index (χ0v) is 7.35. The van der Waals surface area contributed by atoms with Gasteiger partial charge in [0.1, 0.15) is 0 Å². The van der Waals surface area contributed by atoms with Gasteiger partial charge in [-0.05, 0) is 12.8 Å². The van der Waals surface area contributed by atoms with Crippen molar-refractivity contribution in [2.75, 3.05) is 6.61 Å². The molecule has 4 nitrogen and oxygen atoms in total. The third-order valence-corrected chi connectivity index (χ3v) is 2.62. The van der Waals surface area contributed by atoms with Crippen molar-refractivity contribution in [1.29, 1.82) is 0 Å². The van der Waals surface area contributed by atoms with Crippen molar-refractivity contribution >= 4 is 0 Å². The first-order chi connectivity index (χ1) is 6.34. The fourth-order valence-electron chi connectivity index (χ4n) is 1.59. The SMILES string of the molecule is O=c1n(C[C@H]2CO2)ccn1C1CC1. The molecule has 0 radical (unpaired) electrons. The smallest absolute Gasteiger partial charge is 0.328 e. The van der Waals surface area contributed by atoms with E-state index in [-0.39, 0.29) is 11.8 Å². The molecule has 1 saturated carbocycles. The Labute approximate surface area is 75.7 Å². The molecule has 0 bridgehead atoms. The quantitative estimate of drug-likeness (QED) is 0.631. The maximum Gasteiger partial charge on any atom is 0.328 e. The Morgan fingerprint density at radius 1 is 1.46 bits per heavy atom. The first-order valence-corrected chi connectivity index (χ1v) is 4.73. The first kappa shape index (κ1) is 7.38. The van der Waals surface area contributed by atoms with Gasteiger partial charge in [0.25, 0.3) is 0 Å². The molecule has 2 fully saturated rings. The lowest BCUT2D eigenvalue weighted by molar-refractivity contribution is 0.379. The fourth-order valence-corrected chi connectivity index (χ4v) is 1.59. The molecule has 0 amide bonds. The van der Waals surface area contributed by atoms with Crippen molar-refractivity contribution in [3.63, 3.8) is 0 Å². The lowest BCUT2D eigenvalue weighted by Crippen LogP contribution is -2.24. The molecule has 0 spiro atoms. The summed E-state index contributed by atoms with van der Waals surface area (Å²) < 4.78 is 8.67. The Morgan fingerprint density at radius 2 is 2.23 bits per heavy atom. The third-order valence-electron chi connectivity index (χ3n) is 2.62. The number of epoxide rings is 1. The number of rotatable bonds is 3. The van der Waals surface area contributed by atoms with Crippen molar-refractivity contribution < 1.29 is 4.74 Å². The van der Waals surface area contributed by atoms with E-state index in [1.807, 2.05) is 17.0 Å². The van der Waals surface area contributed by atoms with Crippen LogP contribution in [0.2, 0.25) is 0 Å². The second-order valence-corrected chi connectivity index (χ2v) is 3.83. The van der Waals surface area contributed by atoms with E-state index in [9.17, 15) is 4.79 Å². The van der Waals surface area contributed by atoms with Crippen molar-refractivity contribution in [3.05, 3.63) is 22.9 Å². The molecule has 1 aliphatic carbocycles. The Hall–Kier alpha value is -1.03. The maximum absolute atomic E-state index is 11.7. The van der Waals surface area contributed by atoms with Gasteiger partial charge in [0.15, 0.2) is 0 Å². The Bertz CT molecular complexity index is 371. The predicted molar refractivity (Wildman–Crippen MR) is 46.7 cm³/mol. The van der Waals surface area contributed by atoms with Crippen molar-refractivity contribution in [1.82, 2.24) is 9.13 Å². The number of hydrogen-bond acceptors (Lipinski definition) is 2. The summed E-state index contributed by atoms with van der Waals surface area (Å²) in [6.07, 6.45) is 6.35. The second-order valence-electron chi connectivity index (χ2n) is 3.83. The van der Waals surface area contributed by atoms with E-state index >= 15 is 0 Å². The third kappa shape index (κ3) is 1.31. The van der Waals surface area contributed by atoms with Crippen LogP contribution in [0.1, 0.15) is 18.9 Å². The van der Waals surface area contributed by atoms with Gasteiger partial charge in [0.05, 0.1) is 19.3 Å². The van der Waals surface area contributed by atoms with Crippen LogP contribution >= 0.6 is 0 Å². The van der Waals surface area contributed by atoms with Gasteiger partial charge in [-0.3, -0.25) is 9.13 Å². The van der Waals surface area contributed by atoms with Crippen LogP contribution in [-0.2, 0) is 11.3 Å². The van der Waals surface area contributed by atoms with Crippen LogP contribution in [0.3, 0.4) is 0 Å². The van der Waals surface area contributed by atoms with Crippen molar-refractivity contribution in [2.45, 2.75) is 31.5 Å². The molecule has 13 heavy (non-hydrogen) atoms. The Morgan fingerprint density at radius 3 is 2.85 bits per heavy atom. The summed E-state index contributed by atoms with van der Waals surface area (Å²) in [5.41, 5.74) is 0.123. The number of nitrogens with zero attached hydrogens (tertiary/aromatic N) is 2. The summed E-state index contributed by atoms with van der Waals surface area (Å²) in [6.45, 7) is 1.53. The monoisotopic (exact) mass is 180 g/mol. The molecule has 0 unspecified atom stereocenters. The largest absolute Gasteiger partial charge is 0.371 e. The molecule has 70 valence electrons. The van der Waals surface area contributed by atoms with E-state index in [1.54, 1.807) is 4.57 Å². The highest BCUT2D eigenvalue weighted by Crippen LogP contribution is 2.33. The Kier molecular flexibility index (Phi) is 1.41. The van der Waals surface area contributed by atoms with Crippen molar-refractivity contribution in [3.8, 4) is 0 Å². The van der Waals surface area contributed by atoms with E-state index in [0.717, 1.165) is 26.0 Å². The predicted octanol–water partition coefficient (Wildman–Crippen LogP) is 0.383. The van der Waals surface area contributed by atoms with E-state index in [1.165, 1.54) is 0 Å². The number of hydrogen-bond donors (Lipinski definition) is 0. The van der Waals surface area contributed by atoms with E-state index < -0.39 is 0 Å². The molecule has 3 rings (SSSR count). The minimum atomic E-state index is 0.123. The van der Waals surface area contributed by atoms with Crippen LogP contribution in [0.5, 0.6) is 0 Å². The molecule has 1 aromatic heterocycles. The van der Waals surface area contributed by atoms with E-state index in [0.29, 0.717) is 6.04 Å². The second kappa shape index (κ2) is 2.48. The molecule has 1 aromatic rings. The van der Waals surface area contributed by atoms with Gasteiger partial charge >= 0.3 is 5.69 Å². The average molecular weight is 180 g/mol. The highest BCUT2D eigenvalue weighted by molar-refractivity contribution is 4.92. The lowest BCUT2D eigenvalue weighted by Gasteiger charge is -1.97. The normalized spacial score (nSPS) is 26.3. The number of imidazole rings is 1. The maximum atomic E-state index is 11.7. The number of ether oxygens (including phenoxy) is 1. The lowest BCUT2D eigenvalue weighted by atomic mass is 10.5. The first-order valence-electron chi connectivity index (χ1n) is 4.73. The molecule has 2 heterocycles. The van der Waals surface area contributed by atoms with Gasteiger partial charge in [-0.1, -0.05) is 0 Å². The molecule has 0 N–H and O–H groups in total. The molecule has 1 aliphatic heterocycles.